The first-order valence-corrected chi connectivity index (χ1v) is 10.1. The molecule has 4 rings (SSSR count). The van der Waals surface area contributed by atoms with Crippen LogP contribution >= 0.6 is 11.3 Å². The number of likely N-dealkylation sites (tertiary alicyclic amines) is 1. The van der Waals surface area contributed by atoms with E-state index < -0.39 is 0 Å². The number of hydrogen-bond donors (Lipinski definition) is 0. The summed E-state index contributed by atoms with van der Waals surface area (Å²) in [6.07, 6.45) is 12.9. The minimum Gasteiger partial charge on any atom is -0.377 e. The van der Waals surface area contributed by atoms with E-state index in [0.717, 1.165) is 6.54 Å². The molecule has 1 aliphatic rings. The van der Waals surface area contributed by atoms with Gasteiger partial charge in [-0.25, -0.2) is 0 Å². The quantitative estimate of drug-likeness (QED) is 0.453. The molecule has 0 radical (unpaired) electrons. The van der Waals surface area contributed by atoms with Crippen LogP contribution in [0.2, 0.25) is 0 Å². The Morgan fingerprint density at radius 2 is 1.88 bits per heavy atom. The molecule has 1 aliphatic heterocycles. The van der Waals surface area contributed by atoms with Gasteiger partial charge in [-0.15, -0.1) is 0 Å². The van der Waals surface area contributed by atoms with Gasteiger partial charge in [0.25, 0.3) is 5.01 Å². The molecule has 25 heavy (non-hydrogen) atoms. The second kappa shape index (κ2) is 7.40. The van der Waals surface area contributed by atoms with Gasteiger partial charge < -0.3 is 4.90 Å². The highest BCUT2D eigenvalue weighted by atomic mass is 32.1. The Morgan fingerprint density at radius 1 is 1.04 bits per heavy atom. The maximum atomic E-state index is 2.44. The Kier molecular flexibility index (Phi) is 4.84. The zero-order valence-corrected chi connectivity index (χ0v) is 15.6. The number of aryl methyl sites for hydroxylation is 1. The molecule has 0 atom stereocenters. The average Bonchev–Trinajstić information content (AvgIpc) is 3.04. The molecule has 2 nitrogen and oxygen atoms in total. The van der Waals surface area contributed by atoms with E-state index >= 15 is 0 Å². The summed E-state index contributed by atoms with van der Waals surface area (Å²) in [5.74, 6) is 0. The summed E-state index contributed by atoms with van der Waals surface area (Å²) < 4.78 is 3.80. The first-order chi connectivity index (χ1) is 12.4. The van der Waals surface area contributed by atoms with Gasteiger partial charge in [0.05, 0.1) is 5.39 Å². The fraction of sp³-hybridized carbons (Fsp3) is 0.318. The molecule has 128 valence electrons. The van der Waals surface area contributed by atoms with Gasteiger partial charge in [0, 0.05) is 19.2 Å². The first kappa shape index (κ1) is 16.3. The summed E-state index contributed by atoms with van der Waals surface area (Å²) >= 11 is 1.88. The highest BCUT2D eigenvalue weighted by Crippen LogP contribution is 2.28. The summed E-state index contributed by atoms with van der Waals surface area (Å²) in [5.41, 5.74) is 1.37. The van der Waals surface area contributed by atoms with Crippen molar-refractivity contribution < 1.29 is 4.57 Å². The fourth-order valence-electron chi connectivity index (χ4n) is 3.69. The molecular formula is C22H25N2S+. The number of benzene rings is 2. The number of fused-ring (bicyclic) bond motifs is 3. The van der Waals surface area contributed by atoms with E-state index in [4.69, 9.17) is 0 Å². The van der Waals surface area contributed by atoms with Gasteiger partial charge in [-0.2, -0.15) is 4.57 Å². The minimum atomic E-state index is 0.990. The molecule has 3 heteroatoms. The van der Waals surface area contributed by atoms with Crippen molar-refractivity contribution in [2.24, 2.45) is 0 Å². The van der Waals surface area contributed by atoms with Gasteiger partial charge in [-0.1, -0.05) is 41.7 Å². The number of rotatable bonds is 4. The van der Waals surface area contributed by atoms with Crippen molar-refractivity contribution in [3.63, 3.8) is 0 Å². The van der Waals surface area contributed by atoms with E-state index in [1.54, 1.807) is 0 Å². The third kappa shape index (κ3) is 3.34. The van der Waals surface area contributed by atoms with Crippen LogP contribution in [0.5, 0.6) is 0 Å². The van der Waals surface area contributed by atoms with Crippen LogP contribution in [0.1, 0.15) is 31.2 Å². The summed E-state index contributed by atoms with van der Waals surface area (Å²) in [7, 11) is 0. The average molecular weight is 350 g/mol. The smallest absolute Gasteiger partial charge is 0.262 e. The molecule has 0 spiro atoms. The molecule has 1 saturated heterocycles. The summed E-state index contributed by atoms with van der Waals surface area (Å²) in [4.78, 5) is 2.43. The number of allylic oxidation sites excluding steroid dienone is 2. The standard InChI is InChI=1S/C22H25N2S/c1-2-24-21(12-6-9-17-23-15-7-3-8-16-23)25-20-14-13-18-10-4-5-11-19(18)22(20)24/h4-6,9-14,17H,2-3,7-8,15-16H2,1H3/q+1. The van der Waals surface area contributed by atoms with Crippen LogP contribution in [0.3, 0.4) is 0 Å². The van der Waals surface area contributed by atoms with Crippen molar-refractivity contribution >= 4 is 38.4 Å². The monoisotopic (exact) mass is 349 g/mol. The molecule has 0 bridgehead atoms. The first-order valence-electron chi connectivity index (χ1n) is 9.30. The number of thiazole rings is 1. The van der Waals surface area contributed by atoms with Crippen LogP contribution < -0.4 is 4.57 Å². The van der Waals surface area contributed by atoms with Crippen molar-refractivity contribution in [1.29, 1.82) is 0 Å². The van der Waals surface area contributed by atoms with Crippen LogP contribution in [0, 0.1) is 0 Å². The van der Waals surface area contributed by atoms with Crippen molar-refractivity contribution in [3.8, 4) is 0 Å². The lowest BCUT2D eigenvalue weighted by Crippen LogP contribution is -2.33. The van der Waals surface area contributed by atoms with Crippen LogP contribution in [-0.2, 0) is 6.54 Å². The van der Waals surface area contributed by atoms with Crippen molar-refractivity contribution in [2.45, 2.75) is 32.7 Å². The number of aromatic nitrogens is 1. The molecule has 0 N–H and O–H groups in total. The van der Waals surface area contributed by atoms with E-state index in [1.165, 1.54) is 58.3 Å². The second-order valence-electron chi connectivity index (χ2n) is 6.62. The molecule has 3 aromatic rings. The number of hydrogen-bond acceptors (Lipinski definition) is 2. The third-order valence-electron chi connectivity index (χ3n) is 4.97. The Labute approximate surface area is 153 Å². The van der Waals surface area contributed by atoms with Gasteiger partial charge >= 0.3 is 0 Å². The van der Waals surface area contributed by atoms with Crippen LogP contribution in [0.15, 0.2) is 54.8 Å². The highest BCUT2D eigenvalue weighted by molar-refractivity contribution is 7.19. The summed E-state index contributed by atoms with van der Waals surface area (Å²) in [6, 6.07) is 13.2. The predicted molar refractivity (Wildman–Crippen MR) is 109 cm³/mol. The van der Waals surface area contributed by atoms with Crippen molar-refractivity contribution in [2.75, 3.05) is 13.1 Å². The highest BCUT2D eigenvalue weighted by Gasteiger charge is 2.19. The summed E-state index contributed by atoms with van der Waals surface area (Å²) in [6.45, 7) is 5.63. The molecule has 0 amide bonds. The van der Waals surface area contributed by atoms with E-state index in [9.17, 15) is 0 Å². The molecular weight excluding hydrogens is 324 g/mol. The van der Waals surface area contributed by atoms with E-state index in [2.05, 4.69) is 77.2 Å². The van der Waals surface area contributed by atoms with E-state index in [1.807, 2.05) is 11.3 Å². The van der Waals surface area contributed by atoms with Gasteiger partial charge in [-0.3, -0.25) is 0 Å². The Bertz CT molecular complexity index is 930. The fourth-order valence-corrected chi connectivity index (χ4v) is 4.84. The van der Waals surface area contributed by atoms with Crippen molar-refractivity contribution in [1.82, 2.24) is 4.90 Å². The second-order valence-corrected chi connectivity index (χ2v) is 7.68. The Balaban J connectivity index is 1.66. The normalized spacial score (nSPS) is 16.0. The van der Waals surface area contributed by atoms with Crippen LogP contribution in [-0.4, -0.2) is 18.0 Å². The lowest BCUT2D eigenvalue weighted by atomic mass is 10.1. The third-order valence-corrected chi connectivity index (χ3v) is 6.08. The molecule has 2 aromatic carbocycles. The maximum Gasteiger partial charge on any atom is 0.262 e. The largest absolute Gasteiger partial charge is 0.377 e. The molecule has 0 saturated carbocycles. The SMILES string of the molecule is CC[n+]1c(C=CC=CN2CCCCC2)sc2ccc3ccccc3c21. The van der Waals surface area contributed by atoms with E-state index in [-0.39, 0.29) is 0 Å². The molecule has 1 aromatic heterocycles. The van der Waals surface area contributed by atoms with Crippen LogP contribution in [0.4, 0.5) is 0 Å². The van der Waals surface area contributed by atoms with Crippen LogP contribution in [0.25, 0.3) is 27.1 Å². The lowest BCUT2D eigenvalue weighted by Gasteiger charge is -2.24. The molecule has 0 unspecified atom stereocenters. The lowest BCUT2D eigenvalue weighted by molar-refractivity contribution is -0.664. The Morgan fingerprint density at radius 3 is 2.72 bits per heavy atom. The van der Waals surface area contributed by atoms with Crippen molar-refractivity contribution in [3.05, 3.63) is 59.8 Å². The molecule has 2 heterocycles. The number of piperidine rings is 1. The van der Waals surface area contributed by atoms with Gasteiger partial charge in [0.1, 0.15) is 11.2 Å². The number of nitrogens with zero attached hydrogens (tertiary/aromatic N) is 2. The van der Waals surface area contributed by atoms with E-state index in [0.29, 0.717) is 0 Å². The predicted octanol–water partition coefficient (Wildman–Crippen LogP) is 5.37. The zero-order chi connectivity index (χ0) is 17.1. The van der Waals surface area contributed by atoms with Gasteiger partial charge in [0.15, 0.2) is 0 Å². The van der Waals surface area contributed by atoms with Gasteiger partial charge in [0.2, 0.25) is 5.52 Å². The molecule has 0 aliphatic carbocycles. The minimum absolute atomic E-state index is 0.990. The topological polar surface area (TPSA) is 7.12 Å². The molecule has 1 fully saturated rings. The zero-order valence-electron chi connectivity index (χ0n) is 14.8. The Hall–Kier alpha value is -2.13. The van der Waals surface area contributed by atoms with Gasteiger partial charge in [-0.05, 0) is 56.0 Å². The maximum absolute atomic E-state index is 2.44. The summed E-state index contributed by atoms with van der Waals surface area (Å²) in [5, 5.41) is 3.98.